The first-order valence-corrected chi connectivity index (χ1v) is 3.75. The Morgan fingerprint density at radius 2 is 2.09 bits per heavy atom. The summed E-state index contributed by atoms with van der Waals surface area (Å²) >= 11 is 16.3. The van der Waals surface area contributed by atoms with Crippen LogP contribution in [-0.2, 0) is 3.79 Å². The van der Waals surface area contributed by atoms with Crippen molar-refractivity contribution in [3.63, 3.8) is 0 Å². The topological polar surface area (TPSA) is 45.8 Å². The zero-order valence-electron chi connectivity index (χ0n) is 5.14. The molecule has 0 aliphatic rings. The van der Waals surface area contributed by atoms with Gasteiger partial charge >= 0.3 is 0 Å². The van der Waals surface area contributed by atoms with Gasteiger partial charge in [-0.3, -0.25) is 4.79 Å². The molecule has 1 aromatic rings. The highest BCUT2D eigenvalue weighted by molar-refractivity contribution is 6.66. The highest BCUT2D eigenvalue weighted by atomic mass is 35.6. The predicted molar refractivity (Wildman–Crippen MR) is 44.1 cm³/mol. The molecular formula is C5H3Cl3N2O. The molecule has 60 valence electrons. The van der Waals surface area contributed by atoms with Crippen molar-refractivity contribution >= 4 is 34.8 Å². The summed E-state index contributed by atoms with van der Waals surface area (Å²) in [5, 5.41) is 0. The molecule has 1 rings (SSSR count). The van der Waals surface area contributed by atoms with E-state index in [0.717, 1.165) is 6.07 Å². The van der Waals surface area contributed by atoms with Gasteiger partial charge in [-0.25, -0.2) is 4.98 Å². The number of aromatic amines is 1. The lowest BCUT2D eigenvalue weighted by atomic mass is 10.4. The number of hydrogen-bond acceptors (Lipinski definition) is 2. The number of H-pyrrole nitrogens is 1. The van der Waals surface area contributed by atoms with Crippen LogP contribution in [0.1, 0.15) is 5.69 Å². The quantitative estimate of drug-likeness (QED) is 0.665. The van der Waals surface area contributed by atoms with E-state index in [4.69, 9.17) is 34.8 Å². The van der Waals surface area contributed by atoms with Gasteiger partial charge in [0.25, 0.3) is 5.56 Å². The Hall–Kier alpha value is -0.250. The van der Waals surface area contributed by atoms with Gasteiger partial charge in [0.2, 0.25) is 3.79 Å². The lowest BCUT2D eigenvalue weighted by Gasteiger charge is -2.07. The summed E-state index contributed by atoms with van der Waals surface area (Å²) in [5.41, 5.74) is -0.229. The first kappa shape index (κ1) is 8.84. The summed E-state index contributed by atoms with van der Waals surface area (Å²) in [6, 6.07) is 1.13. The van der Waals surface area contributed by atoms with Gasteiger partial charge in [-0.15, -0.1) is 0 Å². The largest absolute Gasteiger partial charge is 0.313 e. The Bertz CT molecular complexity index is 303. The molecule has 0 aliphatic carbocycles. The van der Waals surface area contributed by atoms with Crippen LogP contribution < -0.4 is 5.56 Å². The summed E-state index contributed by atoms with van der Waals surface area (Å²) < 4.78 is -1.63. The Kier molecular flexibility index (Phi) is 2.42. The zero-order valence-corrected chi connectivity index (χ0v) is 7.41. The van der Waals surface area contributed by atoms with Crippen molar-refractivity contribution in [3.8, 4) is 0 Å². The van der Waals surface area contributed by atoms with Gasteiger partial charge in [0.05, 0.1) is 12.0 Å². The molecule has 1 aromatic heterocycles. The summed E-state index contributed by atoms with van der Waals surface area (Å²) in [5.74, 6) is 0. The minimum absolute atomic E-state index is 0.117. The first-order valence-electron chi connectivity index (χ1n) is 2.62. The van der Waals surface area contributed by atoms with Gasteiger partial charge in [0.1, 0.15) is 0 Å². The number of nitrogens with zero attached hydrogens (tertiary/aromatic N) is 1. The van der Waals surface area contributed by atoms with E-state index in [1.807, 2.05) is 0 Å². The number of aromatic nitrogens is 2. The Labute approximate surface area is 77.3 Å². The third kappa shape index (κ3) is 2.36. The third-order valence-electron chi connectivity index (χ3n) is 0.969. The molecule has 11 heavy (non-hydrogen) atoms. The second-order valence-electron chi connectivity index (χ2n) is 1.79. The van der Waals surface area contributed by atoms with Crippen molar-refractivity contribution in [3.05, 3.63) is 28.4 Å². The molecule has 1 heterocycles. The summed E-state index contributed by atoms with van der Waals surface area (Å²) in [4.78, 5) is 16.6. The van der Waals surface area contributed by atoms with E-state index in [1.54, 1.807) is 0 Å². The fourth-order valence-corrected chi connectivity index (χ4v) is 0.834. The van der Waals surface area contributed by atoms with Gasteiger partial charge in [-0.05, 0) is 0 Å². The van der Waals surface area contributed by atoms with Crippen LogP contribution in [0.5, 0.6) is 0 Å². The average molecular weight is 213 g/mol. The second-order valence-corrected chi connectivity index (χ2v) is 4.08. The Morgan fingerprint density at radius 1 is 1.45 bits per heavy atom. The molecule has 0 aromatic carbocycles. The van der Waals surface area contributed by atoms with E-state index in [0.29, 0.717) is 0 Å². The summed E-state index contributed by atoms with van der Waals surface area (Å²) in [6.07, 6.45) is 1.18. The number of nitrogens with one attached hydrogen (secondary N) is 1. The van der Waals surface area contributed by atoms with Gasteiger partial charge < -0.3 is 4.98 Å². The van der Waals surface area contributed by atoms with Crippen molar-refractivity contribution in [2.75, 3.05) is 0 Å². The second kappa shape index (κ2) is 3.01. The maximum atomic E-state index is 10.7. The summed E-state index contributed by atoms with van der Waals surface area (Å²) in [7, 11) is 0. The van der Waals surface area contributed by atoms with Gasteiger partial charge in [-0.1, -0.05) is 34.8 Å². The molecule has 0 spiro atoms. The molecule has 0 radical (unpaired) electrons. The molecule has 0 atom stereocenters. The van der Waals surface area contributed by atoms with E-state index >= 15 is 0 Å². The monoisotopic (exact) mass is 212 g/mol. The molecule has 1 N–H and O–H groups in total. The average Bonchev–Trinajstić information content (AvgIpc) is 1.86. The number of rotatable bonds is 0. The van der Waals surface area contributed by atoms with Crippen molar-refractivity contribution in [2.24, 2.45) is 0 Å². The number of alkyl halides is 3. The molecule has 0 fully saturated rings. The summed E-state index contributed by atoms with van der Waals surface area (Å²) in [6.45, 7) is 0. The minimum atomic E-state index is -1.63. The van der Waals surface area contributed by atoms with Crippen molar-refractivity contribution in [1.29, 1.82) is 0 Å². The van der Waals surface area contributed by atoms with E-state index in [2.05, 4.69) is 9.97 Å². The minimum Gasteiger partial charge on any atom is -0.313 e. The molecule has 0 aliphatic heterocycles. The van der Waals surface area contributed by atoms with Gasteiger partial charge in [0, 0.05) is 6.07 Å². The van der Waals surface area contributed by atoms with Crippen LogP contribution in [0.15, 0.2) is 17.2 Å². The maximum Gasteiger partial charge on any atom is 0.251 e. The van der Waals surface area contributed by atoms with Crippen LogP contribution in [0.25, 0.3) is 0 Å². The smallest absolute Gasteiger partial charge is 0.251 e. The molecule has 0 saturated carbocycles. The first-order chi connectivity index (χ1) is 5.00. The van der Waals surface area contributed by atoms with Crippen LogP contribution in [0, 0.1) is 0 Å². The molecule has 0 unspecified atom stereocenters. The highest BCUT2D eigenvalue weighted by Gasteiger charge is 2.24. The van der Waals surface area contributed by atoms with Crippen molar-refractivity contribution in [1.82, 2.24) is 9.97 Å². The van der Waals surface area contributed by atoms with E-state index in [1.165, 1.54) is 6.33 Å². The fourth-order valence-electron chi connectivity index (χ4n) is 0.524. The maximum absolute atomic E-state index is 10.7. The third-order valence-corrected chi connectivity index (χ3v) is 1.55. The van der Waals surface area contributed by atoms with Crippen LogP contribution >= 0.6 is 34.8 Å². The number of hydrogen-bond donors (Lipinski definition) is 1. The van der Waals surface area contributed by atoms with Crippen molar-refractivity contribution < 1.29 is 0 Å². The molecule has 0 saturated heterocycles. The van der Waals surface area contributed by atoms with Crippen LogP contribution in [-0.4, -0.2) is 9.97 Å². The number of halogens is 3. The lowest BCUT2D eigenvalue weighted by molar-refractivity contribution is 1.01. The molecule has 3 nitrogen and oxygen atoms in total. The SMILES string of the molecule is O=c1cc(C(Cl)(Cl)Cl)nc[nH]1. The molecule has 0 amide bonds. The van der Waals surface area contributed by atoms with Crippen LogP contribution in [0.4, 0.5) is 0 Å². The molecule has 6 heteroatoms. The normalized spacial score (nSPS) is 11.5. The molecular weight excluding hydrogens is 210 g/mol. The Balaban J connectivity index is 3.16. The zero-order chi connectivity index (χ0) is 8.48. The fraction of sp³-hybridized carbons (Fsp3) is 0.200. The highest BCUT2D eigenvalue weighted by Crippen LogP contribution is 2.35. The Morgan fingerprint density at radius 3 is 2.45 bits per heavy atom. The van der Waals surface area contributed by atoms with Gasteiger partial charge in [0.15, 0.2) is 0 Å². The van der Waals surface area contributed by atoms with E-state index in [-0.39, 0.29) is 11.3 Å². The predicted octanol–water partition coefficient (Wildman–Crippen LogP) is 1.60. The van der Waals surface area contributed by atoms with E-state index in [9.17, 15) is 4.79 Å². The van der Waals surface area contributed by atoms with E-state index < -0.39 is 3.79 Å². The lowest BCUT2D eigenvalue weighted by Crippen LogP contribution is -2.12. The van der Waals surface area contributed by atoms with Crippen LogP contribution in [0.3, 0.4) is 0 Å². The van der Waals surface area contributed by atoms with Crippen LogP contribution in [0.2, 0.25) is 0 Å². The standard InChI is InChI=1S/C5H3Cl3N2O/c6-5(7,8)3-1-4(11)10-2-9-3/h1-2H,(H,9,10,11). The van der Waals surface area contributed by atoms with Crippen molar-refractivity contribution in [2.45, 2.75) is 3.79 Å². The molecule has 0 bridgehead atoms. The van der Waals surface area contributed by atoms with Gasteiger partial charge in [-0.2, -0.15) is 0 Å².